The van der Waals surface area contributed by atoms with Gasteiger partial charge >= 0.3 is 12.1 Å². The third-order valence-corrected chi connectivity index (χ3v) is 6.75. The molecule has 2 aliphatic carbocycles. The molecule has 5 rings (SSSR count). The van der Waals surface area contributed by atoms with Gasteiger partial charge in [0.2, 0.25) is 5.91 Å². The molecule has 1 saturated heterocycles. The number of benzene rings is 2. The van der Waals surface area contributed by atoms with Gasteiger partial charge in [0, 0.05) is 24.9 Å². The molecule has 0 bridgehead atoms. The van der Waals surface area contributed by atoms with Crippen LogP contribution in [0.4, 0.5) is 4.79 Å². The zero-order valence-electron chi connectivity index (χ0n) is 18.1. The monoisotopic (exact) mass is 450 g/mol. The summed E-state index contributed by atoms with van der Waals surface area (Å²) < 4.78 is 10.7. The Morgan fingerprint density at radius 2 is 1.73 bits per heavy atom. The van der Waals surface area contributed by atoms with Crippen molar-refractivity contribution in [2.45, 2.75) is 18.4 Å². The molecule has 1 heterocycles. The molecular weight excluding hydrogens is 424 g/mol. The van der Waals surface area contributed by atoms with E-state index < -0.39 is 18.2 Å². The predicted octanol–water partition coefficient (Wildman–Crippen LogP) is 2.47. The number of rotatable bonds is 6. The largest absolute Gasteiger partial charge is 0.479 e. The Kier molecular flexibility index (Phi) is 5.76. The van der Waals surface area contributed by atoms with Crippen molar-refractivity contribution in [3.63, 3.8) is 0 Å². The normalized spacial score (nSPS) is 23.4. The van der Waals surface area contributed by atoms with E-state index in [2.05, 4.69) is 29.6 Å². The van der Waals surface area contributed by atoms with E-state index in [1.807, 2.05) is 24.3 Å². The van der Waals surface area contributed by atoms with Crippen molar-refractivity contribution in [2.24, 2.45) is 11.8 Å². The first kappa shape index (κ1) is 21.5. The third-order valence-electron chi connectivity index (χ3n) is 6.75. The summed E-state index contributed by atoms with van der Waals surface area (Å²) in [5, 5.41) is 11.9. The lowest BCUT2D eigenvalue weighted by Crippen LogP contribution is -2.49. The van der Waals surface area contributed by atoms with Gasteiger partial charge in [0.05, 0.1) is 13.2 Å². The predicted molar refractivity (Wildman–Crippen MR) is 119 cm³/mol. The first-order valence-electron chi connectivity index (χ1n) is 11.2. The van der Waals surface area contributed by atoms with E-state index in [9.17, 15) is 14.4 Å². The molecule has 2 fully saturated rings. The number of nitrogens with one attached hydrogen (secondary N) is 1. The van der Waals surface area contributed by atoms with Crippen molar-refractivity contribution >= 4 is 18.0 Å². The molecule has 3 aliphatic rings. The second-order valence-electron chi connectivity index (χ2n) is 8.79. The van der Waals surface area contributed by atoms with E-state index in [4.69, 9.17) is 14.6 Å². The zero-order valence-corrected chi connectivity index (χ0v) is 18.1. The Morgan fingerprint density at radius 1 is 1.06 bits per heavy atom. The molecule has 0 spiro atoms. The molecule has 0 aromatic heterocycles. The SMILES string of the molecule is O=C(NC[C@@H]1C[C@@H]1C(=O)N1CCOC(C(=O)O)C1)OCC1c2ccccc2-c2ccccc21. The topological polar surface area (TPSA) is 105 Å². The van der Waals surface area contributed by atoms with E-state index in [0.29, 0.717) is 19.5 Å². The lowest BCUT2D eigenvalue weighted by atomic mass is 9.98. The molecule has 2 aromatic carbocycles. The van der Waals surface area contributed by atoms with Crippen molar-refractivity contribution in [1.82, 2.24) is 10.2 Å². The van der Waals surface area contributed by atoms with E-state index in [-0.39, 0.29) is 43.4 Å². The summed E-state index contributed by atoms with van der Waals surface area (Å²) in [6, 6.07) is 16.3. The molecule has 2 amide bonds. The second kappa shape index (κ2) is 8.86. The smallest absolute Gasteiger partial charge is 0.407 e. The number of alkyl carbamates (subject to hydrolysis) is 1. The number of nitrogens with zero attached hydrogens (tertiary/aromatic N) is 1. The fourth-order valence-corrected chi connectivity index (χ4v) is 4.87. The van der Waals surface area contributed by atoms with Gasteiger partial charge in [-0.05, 0) is 34.6 Å². The van der Waals surface area contributed by atoms with Crippen LogP contribution in [0.25, 0.3) is 11.1 Å². The number of ether oxygens (including phenoxy) is 2. The van der Waals surface area contributed by atoms with Crippen LogP contribution in [0, 0.1) is 11.8 Å². The summed E-state index contributed by atoms with van der Waals surface area (Å²) in [6.07, 6.45) is -0.788. The number of fused-ring (bicyclic) bond motifs is 3. The van der Waals surface area contributed by atoms with Gasteiger partial charge in [-0.15, -0.1) is 0 Å². The molecule has 1 aliphatic heterocycles. The van der Waals surface area contributed by atoms with Crippen molar-refractivity contribution in [3.8, 4) is 11.1 Å². The highest BCUT2D eigenvalue weighted by Crippen LogP contribution is 2.44. The first-order valence-corrected chi connectivity index (χ1v) is 11.2. The van der Waals surface area contributed by atoms with E-state index >= 15 is 0 Å². The standard InChI is InChI=1S/C25H26N2O6/c28-23(27-9-10-32-22(13-27)24(29)30)20-11-15(20)12-26-25(31)33-14-21-18-7-3-1-5-16(18)17-6-2-4-8-19(17)21/h1-8,15,20-22H,9-14H2,(H,26,31)(H,29,30)/t15-,20-,22?/m0/s1. The Morgan fingerprint density at radius 3 is 2.39 bits per heavy atom. The Balaban J connectivity index is 1.10. The lowest BCUT2D eigenvalue weighted by molar-refractivity contribution is -0.159. The highest BCUT2D eigenvalue weighted by Gasteiger charge is 2.46. The number of hydrogen-bond donors (Lipinski definition) is 2. The second-order valence-corrected chi connectivity index (χ2v) is 8.79. The van der Waals surface area contributed by atoms with Crippen molar-refractivity contribution in [1.29, 1.82) is 0 Å². The maximum absolute atomic E-state index is 12.7. The van der Waals surface area contributed by atoms with Crippen molar-refractivity contribution in [3.05, 3.63) is 59.7 Å². The number of carboxylic acids is 1. The van der Waals surface area contributed by atoms with Gasteiger partial charge in [-0.2, -0.15) is 0 Å². The number of carboxylic acid groups (broad SMARTS) is 1. The van der Waals surface area contributed by atoms with E-state index in [0.717, 1.165) is 11.1 Å². The van der Waals surface area contributed by atoms with Crippen LogP contribution in [0.2, 0.25) is 0 Å². The maximum Gasteiger partial charge on any atom is 0.407 e. The van der Waals surface area contributed by atoms with Crippen LogP contribution in [0.15, 0.2) is 48.5 Å². The number of carbonyl (C=O) groups excluding carboxylic acids is 2. The van der Waals surface area contributed by atoms with Crippen LogP contribution in [0.5, 0.6) is 0 Å². The third kappa shape index (κ3) is 4.30. The average molecular weight is 450 g/mol. The Hall–Kier alpha value is -3.39. The van der Waals surface area contributed by atoms with Gasteiger partial charge in [-0.1, -0.05) is 48.5 Å². The lowest BCUT2D eigenvalue weighted by Gasteiger charge is -2.31. The van der Waals surface area contributed by atoms with Gasteiger partial charge in [-0.25, -0.2) is 9.59 Å². The van der Waals surface area contributed by atoms with Gasteiger partial charge in [0.25, 0.3) is 0 Å². The van der Waals surface area contributed by atoms with Gasteiger partial charge in [-0.3, -0.25) is 4.79 Å². The molecule has 172 valence electrons. The molecule has 8 heteroatoms. The van der Waals surface area contributed by atoms with Gasteiger partial charge in [0.15, 0.2) is 6.10 Å². The highest BCUT2D eigenvalue weighted by atomic mass is 16.5. The van der Waals surface area contributed by atoms with E-state index in [1.165, 1.54) is 11.1 Å². The van der Waals surface area contributed by atoms with Crippen LogP contribution in [0.3, 0.4) is 0 Å². The van der Waals surface area contributed by atoms with Crippen molar-refractivity contribution in [2.75, 3.05) is 32.8 Å². The minimum Gasteiger partial charge on any atom is -0.479 e. The van der Waals surface area contributed by atoms with Crippen LogP contribution >= 0.6 is 0 Å². The van der Waals surface area contributed by atoms with Gasteiger partial charge in [0.1, 0.15) is 6.61 Å². The number of amides is 2. The molecule has 0 radical (unpaired) electrons. The summed E-state index contributed by atoms with van der Waals surface area (Å²) in [5.74, 6) is -1.27. The van der Waals surface area contributed by atoms with Gasteiger partial charge < -0.3 is 24.8 Å². The fourth-order valence-electron chi connectivity index (χ4n) is 4.87. The number of hydrogen-bond acceptors (Lipinski definition) is 5. The minimum absolute atomic E-state index is 0.00176. The Bertz CT molecular complexity index is 1040. The molecule has 1 saturated carbocycles. The number of aliphatic carboxylic acids is 1. The van der Waals surface area contributed by atoms with Crippen LogP contribution in [-0.2, 0) is 19.1 Å². The van der Waals surface area contributed by atoms with E-state index in [1.54, 1.807) is 4.90 Å². The maximum atomic E-state index is 12.7. The number of carbonyl (C=O) groups is 3. The fraction of sp³-hybridized carbons (Fsp3) is 0.400. The van der Waals surface area contributed by atoms with Crippen LogP contribution < -0.4 is 5.32 Å². The molecule has 33 heavy (non-hydrogen) atoms. The molecule has 8 nitrogen and oxygen atoms in total. The summed E-state index contributed by atoms with van der Waals surface area (Å²) in [6.45, 7) is 1.29. The number of morpholine rings is 1. The summed E-state index contributed by atoms with van der Waals surface area (Å²) >= 11 is 0. The zero-order chi connectivity index (χ0) is 22.9. The quantitative estimate of drug-likeness (QED) is 0.701. The molecule has 2 N–H and O–H groups in total. The molecule has 1 unspecified atom stereocenters. The molecule has 2 aromatic rings. The summed E-state index contributed by atoms with van der Waals surface area (Å²) in [5.41, 5.74) is 4.67. The highest BCUT2D eigenvalue weighted by molar-refractivity contribution is 5.83. The first-order chi connectivity index (χ1) is 16.0. The molecule has 3 atom stereocenters. The minimum atomic E-state index is -1.06. The molecular formula is C25H26N2O6. The van der Waals surface area contributed by atoms with Crippen molar-refractivity contribution < 1.29 is 29.0 Å². The average Bonchev–Trinajstić information content (AvgIpc) is 3.56. The summed E-state index contributed by atoms with van der Waals surface area (Å²) in [7, 11) is 0. The Labute approximate surface area is 191 Å². The van der Waals surface area contributed by atoms with Crippen LogP contribution in [-0.4, -0.2) is 66.9 Å². The van der Waals surface area contributed by atoms with Crippen LogP contribution in [0.1, 0.15) is 23.5 Å². The summed E-state index contributed by atoms with van der Waals surface area (Å²) in [4.78, 5) is 37.7.